The number of nitrogens with one attached hydrogen (secondary N) is 1. The first-order valence-electron chi connectivity index (χ1n) is 11.7. The lowest BCUT2D eigenvalue weighted by atomic mass is 10.0. The molecule has 1 atom stereocenters. The van der Waals surface area contributed by atoms with Gasteiger partial charge in [-0.1, -0.05) is 24.3 Å². The Hall–Kier alpha value is -1.98. The van der Waals surface area contributed by atoms with Gasteiger partial charge in [-0.15, -0.1) is 24.0 Å². The number of benzene rings is 1. The Morgan fingerprint density at radius 1 is 1.09 bits per heavy atom. The molecule has 3 heterocycles. The average molecular weight is 566 g/mol. The van der Waals surface area contributed by atoms with Gasteiger partial charge in [-0.3, -0.25) is 9.89 Å². The number of aryl methyl sites for hydroxylation is 1. The van der Waals surface area contributed by atoms with E-state index in [4.69, 9.17) is 9.73 Å². The molecular weight excluding hydrogens is 529 g/mol. The molecule has 1 N–H and O–H groups in total. The van der Waals surface area contributed by atoms with Crippen LogP contribution in [0.1, 0.15) is 24.2 Å². The molecule has 33 heavy (non-hydrogen) atoms. The summed E-state index contributed by atoms with van der Waals surface area (Å²) < 4.78 is 6.10. The third-order valence-electron chi connectivity index (χ3n) is 6.12. The van der Waals surface area contributed by atoms with Gasteiger partial charge in [0.1, 0.15) is 6.10 Å². The second kappa shape index (κ2) is 13.0. The first-order chi connectivity index (χ1) is 15.7. The maximum atomic E-state index is 6.10. The van der Waals surface area contributed by atoms with Crippen LogP contribution in [0.3, 0.4) is 0 Å². The first-order valence-corrected chi connectivity index (χ1v) is 11.7. The van der Waals surface area contributed by atoms with E-state index < -0.39 is 0 Å². The maximum absolute atomic E-state index is 6.10. The lowest BCUT2D eigenvalue weighted by Gasteiger charge is -2.36. The van der Waals surface area contributed by atoms with E-state index in [-0.39, 0.29) is 30.1 Å². The molecule has 1 aromatic heterocycles. The molecule has 2 fully saturated rings. The zero-order chi connectivity index (χ0) is 22.2. The van der Waals surface area contributed by atoms with Crippen molar-refractivity contribution in [3.63, 3.8) is 0 Å². The summed E-state index contributed by atoms with van der Waals surface area (Å²) in [5.74, 6) is 1.82. The highest BCUT2D eigenvalue weighted by molar-refractivity contribution is 14.0. The molecule has 0 aliphatic carbocycles. The minimum atomic E-state index is 0. The van der Waals surface area contributed by atoms with Crippen LogP contribution in [-0.2, 0) is 4.74 Å². The van der Waals surface area contributed by atoms with Crippen LogP contribution in [0.2, 0.25) is 0 Å². The van der Waals surface area contributed by atoms with Crippen LogP contribution < -0.4 is 10.2 Å². The van der Waals surface area contributed by atoms with Crippen molar-refractivity contribution < 1.29 is 4.74 Å². The van der Waals surface area contributed by atoms with Crippen molar-refractivity contribution in [2.75, 3.05) is 70.4 Å². The van der Waals surface area contributed by atoms with E-state index in [1.54, 1.807) is 12.4 Å². The highest BCUT2D eigenvalue weighted by atomic mass is 127. The number of hydrogen-bond acceptors (Lipinski definition) is 6. The fourth-order valence-electron chi connectivity index (χ4n) is 4.33. The van der Waals surface area contributed by atoms with Crippen LogP contribution >= 0.6 is 24.0 Å². The van der Waals surface area contributed by atoms with E-state index in [1.807, 2.05) is 6.07 Å². The average Bonchev–Trinajstić information content (AvgIpc) is 2.85. The van der Waals surface area contributed by atoms with Crippen LogP contribution in [-0.4, -0.2) is 91.2 Å². The summed E-state index contributed by atoms with van der Waals surface area (Å²) in [6.07, 6.45) is 3.70. The van der Waals surface area contributed by atoms with Gasteiger partial charge >= 0.3 is 0 Å². The van der Waals surface area contributed by atoms with Crippen LogP contribution in [0, 0.1) is 6.92 Å². The Bertz CT molecular complexity index is 874. The second-order valence-electron chi connectivity index (χ2n) is 8.28. The van der Waals surface area contributed by atoms with Gasteiger partial charge in [0, 0.05) is 58.2 Å². The Morgan fingerprint density at radius 2 is 1.85 bits per heavy atom. The quantitative estimate of drug-likeness (QED) is 0.328. The van der Waals surface area contributed by atoms with Gasteiger partial charge in [-0.05, 0) is 31.0 Å². The molecule has 180 valence electrons. The predicted molar refractivity (Wildman–Crippen MR) is 144 cm³/mol. The van der Waals surface area contributed by atoms with Gasteiger partial charge in [-0.25, -0.2) is 9.97 Å². The monoisotopic (exact) mass is 565 g/mol. The van der Waals surface area contributed by atoms with E-state index >= 15 is 0 Å². The van der Waals surface area contributed by atoms with Crippen molar-refractivity contribution in [3.8, 4) is 0 Å². The molecular formula is C24H36IN7O. The van der Waals surface area contributed by atoms with Gasteiger partial charge in [-0.2, -0.15) is 0 Å². The minimum absolute atomic E-state index is 0. The third-order valence-corrected chi connectivity index (χ3v) is 6.12. The number of aliphatic imine (C=N–C) groups is 1. The fraction of sp³-hybridized carbons (Fsp3) is 0.542. The standard InChI is InChI=1S/C24H35N7O.HI/c1-3-25-23(31-17-18-32-22(19-31)21-8-5-4-7-20(21)2)28-11-12-29-13-15-30(16-14-29)24-26-9-6-10-27-24;/h4-10,22H,3,11-19H2,1-2H3,(H,25,28);1H. The summed E-state index contributed by atoms with van der Waals surface area (Å²) in [5, 5.41) is 3.48. The summed E-state index contributed by atoms with van der Waals surface area (Å²) in [6.45, 7) is 13.2. The molecule has 2 aliphatic rings. The number of anilines is 1. The molecule has 0 saturated carbocycles. The van der Waals surface area contributed by atoms with Crippen molar-refractivity contribution in [1.82, 2.24) is 25.1 Å². The first kappa shape index (κ1) is 25.6. The molecule has 4 rings (SSSR count). The van der Waals surface area contributed by atoms with Gasteiger partial charge in [0.15, 0.2) is 5.96 Å². The Morgan fingerprint density at radius 3 is 2.58 bits per heavy atom. The number of guanidine groups is 1. The Labute approximate surface area is 214 Å². The molecule has 0 amide bonds. The topological polar surface area (TPSA) is 69.1 Å². The second-order valence-corrected chi connectivity index (χ2v) is 8.28. The lowest BCUT2D eigenvalue weighted by Crippen LogP contribution is -2.49. The predicted octanol–water partition coefficient (Wildman–Crippen LogP) is 2.56. The van der Waals surface area contributed by atoms with Gasteiger partial charge in [0.25, 0.3) is 0 Å². The number of aromatic nitrogens is 2. The molecule has 0 bridgehead atoms. The lowest BCUT2D eigenvalue weighted by molar-refractivity contribution is -0.00834. The maximum Gasteiger partial charge on any atom is 0.225 e. The Balaban J connectivity index is 0.00000306. The molecule has 2 saturated heterocycles. The largest absolute Gasteiger partial charge is 0.370 e. The van der Waals surface area contributed by atoms with Crippen molar-refractivity contribution in [1.29, 1.82) is 0 Å². The highest BCUT2D eigenvalue weighted by Gasteiger charge is 2.25. The van der Waals surface area contributed by atoms with Gasteiger partial charge < -0.3 is 19.9 Å². The van der Waals surface area contributed by atoms with Gasteiger partial charge in [0.2, 0.25) is 5.95 Å². The molecule has 2 aliphatic heterocycles. The molecule has 8 nitrogen and oxygen atoms in total. The Kier molecular flexibility index (Phi) is 10.1. The molecule has 9 heteroatoms. The molecule has 0 radical (unpaired) electrons. The van der Waals surface area contributed by atoms with E-state index in [9.17, 15) is 0 Å². The van der Waals surface area contributed by atoms with Crippen molar-refractivity contribution >= 4 is 35.9 Å². The van der Waals surface area contributed by atoms with Crippen molar-refractivity contribution in [3.05, 3.63) is 53.9 Å². The number of nitrogens with zero attached hydrogens (tertiary/aromatic N) is 6. The number of rotatable bonds is 6. The van der Waals surface area contributed by atoms with Crippen LogP contribution in [0.15, 0.2) is 47.7 Å². The molecule has 1 aromatic carbocycles. The molecule has 1 unspecified atom stereocenters. The van der Waals surface area contributed by atoms with E-state index in [0.29, 0.717) is 6.61 Å². The van der Waals surface area contributed by atoms with E-state index in [0.717, 1.165) is 70.8 Å². The normalized spacial score (nSPS) is 19.8. The van der Waals surface area contributed by atoms with Crippen LogP contribution in [0.5, 0.6) is 0 Å². The fourth-order valence-corrected chi connectivity index (χ4v) is 4.33. The summed E-state index contributed by atoms with van der Waals surface area (Å²) in [6, 6.07) is 10.4. The van der Waals surface area contributed by atoms with E-state index in [2.05, 4.69) is 68.1 Å². The number of hydrogen-bond donors (Lipinski definition) is 1. The van der Waals surface area contributed by atoms with Crippen LogP contribution in [0.25, 0.3) is 0 Å². The zero-order valence-corrected chi connectivity index (χ0v) is 22.0. The van der Waals surface area contributed by atoms with Crippen molar-refractivity contribution in [2.24, 2.45) is 4.99 Å². The molecule has 2 aromatic rings. The number of ether oxygens (including phenoxy) is 1. The minimum Gasteiger partial charge on any atom is -0.370 e. The summed E-state index contributed by atoms with van der Waals surface area (Å²) in [5.41, 5.74) is 2.55. The van der Waals surface area contributed by atoms with Crippen LogP contribution in [0.4, 0.5) is 5.95 Å². The van der Waals surface area contributed by atoms with E-state index in [1.165, 1.54) is 11.1 Å². The summed E-state index contributed by atoms with van der Waals surface area (Å²) in [4.78, 5) is 20.8. The number of piperazine rings is 1. The number of halogens is 1. The summed E-state index contributed by atoms with van der Waals surface area (Å²) >= 11 is 0. The number of morpholine rings is 1. The van der Waals surface area contributed by atoms with Crippen molar-refractivity contribution in [2.45, 2.75) is 20.0 Å². The SMILES string of the molecule is CCNC(=NCCN1CCN(c2ncccn2)CC1)N1CCOC(c2ccccc2C)C1.I. The van der Waals surface area contributed by atoms with Gasteiger partial charge in [0.05, 0.1) is 19.7 Å². The highest BCUT2D eigenvalue weighted by Crippen LogP contribution is 2.25. The zero-order valence-electron chi connectivity index (χ0n) is 19.7. The summed E-state index contributed by atoms with van der Waals surface area (Å²) in [7, 11) is 0. The third kappa shape index (κ3) is 7.00. The smallest absolute Gasteiger partial charge is 0.225 e. The molecule has 0 spiro atoms.